The highest BCUT2D eigenvalue weighted by Crippen LogP contribution is 2.22. The Bertz CT molecular complexity index is 752. The molecule has 3 nitrogen and oxygen atoms in total. The van der Waals surface area contributed by atoms with Gasteiger partial charge in [0.05, 0.1) is 11.0 Å². The van der Waals surface area contributed by atoms with Crippen LogP contribution in [0.2, 0.25) is 5.02 Å². The highest BCUT2D eigenvalue weighted by molar-refractivity contribution is 6.31. The number of benzene rings is 2. The van der Waals surface area contributed by atoms with Gasteiger partial charge in [-0.1, -0.05) is 17.7 Å². The number of nitrogens with one attached hydrogen (secondary N) is 2. The van der Waals surface area contributed by atoms with Gasteiger partial charge in [0.25, 0.3) is 0 Å². The Labute approximate surface area is 114 Å². The van der Waals surface area contributed by atoms with E-state index in [1.165, 1.54) is 6.07 Å². The van der Waals surface area contributed by atoms with Crippen LogP contribution in [0.15, 0.2) is 36.4 Å². The molecule has 0 aliphatic rings. The minimum atomic E-state index is -0.246. The number of H-pyrrole nitrogens is 1. The van der Waals surface area contributed by atoms with Crippen molar-refractivity contribution < 1.29 is 4.39 Å². The number of hydrogen-bond donors (Lipinski definition) is 2. The highest BCUT2D eigenvalue weighted by Gasteiger charge is 2.05. The van der Waals surface area contributed by atoms with Gasteiger partial charge in [-0.15, -0.1) is 0 Å². The lowest BCUT2D eigenvalue weighted by atomic mass is 10.2. The van der Waals surface area contributed by atoms with Crippen molar-refractivity contribution in [1.29, 1.82) is 0 Å². The Morgan fingerprint density at radius 3 is 2.84 bits per heavy atom. The molecule has 0 unspecified atom stereocenters. The van der Waals surface area contributed by atoms with Gasteiger partial charge in [0.15, 0.2) is 0 Å². The zero-order valence-corrected chi connectivity index (χ0v) is 10.9. The number of rotatable bonds is 2. The monoisotopic (exact) mass is 275 g/mol. The summed E-state index contributed by atoms with van der Waals surface area (Å²) in [4.78, 5) is 7.44. The van der Waals surface area contributed by atoms with Crippen LogP contribution in [0.4, 0.5) is 16.0 Å². The molecule has 3 aromatic rings. The molecule has 0 saturated heterocycles. The first-order chi connectivity index (χ1) is 9.11. The number of fused-ring (bicyclic) bond motifs is 1. The first-order valence-electron chi connectivity index (χ1n) is 5.80. The standard InChI is InChI=1S/C14H11ClFN3/c1-8-2-4-10(7-11(8)16)17-14-18-12-5-3-9(15)6-13(12)19-14/h2-7H,1H3,(H2,17,18,19). The van der Waals surface area contributed by atoms with E-state index in [4.69, 9.17) is 11.6 Å². The Balaban J connectivity index is 1.94. The fraction of sp³-hybridized carbons (Fsp3) is 0.0714. The van der Waals surface area contributed by atoms with Crippen LogP contribution in [0.3, 0.4) is 0 Å². The molecule has 2 aromatic carbocycles. The summed E-state index contributed by atoms with van der Waals surface area (Å²) >= 11 is 5.91. The average Bonchev–Trinajstić information content (AvgIpc) is 2.75. The average molecular weight is 276 g/mol. The van der Waals surface area contributed by atoms with Crippen molar-refractivity contribution in [1.82, 2.24) is 9.97 Å². The summed E-state index contributed by atoms with van der Waals surface area (Å²) in [6.07, 6.45) is 0. The quantitative estimate of drug-likeness (QED) is 0.727. The number of aromatic amines is 1. The van der Waals surface area contributed by atoms with Crippen LogP contribution in [0.1, 0.15) is 5.56 Å². The van der Waals surface area contributed by atoms with Crippen LogP contribution in [0, 0.1) is 12.7 Å². The van der Waals surface area contributed by atoms with Crippen LogP contribution in [0.25, 0.3) is 11.0 Å². The van der Waals surface area contributed by atoms with Crippen molar-refractivity contribution in [3.63, 3.8) is 0 Å². The smallest absolute Gasteiger partial charge is 0.205 e. The minimum absolute atomic E-state index is 0.246. The number of anilines is 2. The van der Waals surface area contributed by atoms with E-state index in [-0.39, 0.29) is 5.82 Å². The molecule has 1 aromatic heterocycles. The van der Waals surface area contributed by atoms with E-state index in [1.807, 2.05) is 6.07 Å². The highest BCUT2D eigenvalue weighted by atomic mass is 35.5. The maximum absolute atomic E-state index is 13.5. The molecule has 19 heavy (non-hydrogen) atoms. The maximum atomic E-state index is 13.5. The lowest BCUT2D eigenvalue weighted by Gasteiger charge is -2.03. The summed E-state index contributed by atoms with van der Waals surface area (Å²) in [7, 11) is 0. The number of aromatic nitrogens is 2. The second-order valence-electron chi connectivity index (χ2n) is 4.34. The summed E-state index contributed by atoms with van der Waals surface area (Å²) in [6, 6.07) is 10.4. The van der Waals surface area contributed by atoms with Gasteiger partial charge in [-0.2, -0.15) is 0 Å². The predicted octanol–water partition coefficient (Wildman–Crippen LogP) is 4.41. The van der Waals surface area contributed by atoms with Gasteiger partial charge in [0.2, 0.25) is 5.95 Å². The van der Waals surface area contributed by atoms with Gasteiger partial charge >= 0.3 is 0 Å². The van der Waals surface area contributed by atoms with E-state index in [2.05, 4.69) is 15.3 Å². The van der Waals surface area contributed by atoms with Gasteiger partial charge < -0.3 is 10.3 Å². The number of hydrogen-bond acceptors (Lipinski definition) is 2. The summed E-state index contributed by atoms with van der Waals surface area (Å²) < 4.78 is 13.5. The zero-order chi connectivity index (χ0) is 13.4. The Hall–Kier alpha value is -2.07. The van der Waals surface area contributed by atoms with E-state index < -0.39 is 0 Å². The molecule has 0 aliphatic heterocycles. The molecule has 0 amide bonds. The largest absolute Gasteiger partial charge is 0.326 e. The van der Waals surface area contributed by atoms with Crippen molar-refractivity contribution in [3.8, 4) is 0 Å². The second kappa shape index (κ2) is 4.55. The second-order valence-corrected chi connectivity index (χ2v) is 4.77. The van der Waals surface area contributed by atoms with Crippen molar-refractivity contribution in [2.24, 2.45) is 0 Å². The molecule has 0 radical (unpaired) electrons. The summed E-state index contributed by atoms with van der Waals surface area (Å²) in [6.45, 7) is 1.72. The van der Waals surface area contributed by atoms with Crippen molar-refractivity contribution in [3.05, 3.63) is 52.8 Å². The van der Waals surface area contributed by atoms with Gasteiger partial charge in [-0.3, -0.25) is 0 Å². The number of halogens is 2. The van der Waals surface area contributed by atoms with Crippen molar-refractivity contribution in [2.75, 3.05) is 5.32 Å². The first kappa shape index (κ1) is 12.0. The fourth-order valence-corrected chi connectivity index (χ4v) is 2.02. The van der Waals surface area contributed by atoms with Crippen molar-refractivity contribution in [2.45, 2.75) is 6.92 Å². The molecule has 0 fully saturated rings. The Morgan fingerprint density at radius 1 is 1.21 bits per heavy atom. The van der Waals surface area contributed by atoms with Crippen molar-refractivity contribution >= 4 is 34.3 Å². The van der Waals surface area contributed by atoms with E-state index >= 15 is 0 Å². The summed E-state index contributed by atoms with van der Waals surface area (Å²) in [5.74, 6) is 0.310. The molecule has 3 rings (SSSR count). The number of nitrogens with zero attached hydrogens (tertiary/aromatic N) is 1. The predicted molar refractivity (Wildman–Crippen MR) is 75.5 cm³/mol. The molecule has 0 saturated carbocycles. The van der Waals surface area contributed by atoms with E-state index in [0.717, 1.165) is 11.0 Å². The van der Waals surface area contributed by atoms with Crippen LogP contribution < -0.4 is 5.32 Å². The zero-order valence-electron chi connectivity index (χ0n) is 10.2. The molecule has 0 spiro atoms. The SMILES string of the molecule is Cc1ccc(Nc2nc3ccc(Cl)cc3[nH]2)cc1F. The van der Waals surface area contributed by atoms with Crippen LogP contribution in [0.5, 0.6) is 0 Å². The van der Waals surface area contributed by atoms with Gasteiger partial charge in [-0.25, -0.2) is 9.37 Å². The van der Waals surface area contributed by atoms with Gasteiger partial charge in [0, 0.05) is 10.7 Å². The summed E-state index contributed by atoms with van der Waals surface area (Å²) in [5.41, 5.74) is 2.90. The first-order valence-corrected chi connectivity index (χ1v) is 6.18. The maximum Gasteiger partial charge on any atom is 0.205 e. The van der Waals surface area contributed by atoms with Gasteiger partial charge in [-0.05, 0) is 42.8 Å². The molecule has 2 N–H and O–H groups in total. The molecular weight excluding hydrogens is 265 g/mol. The molecule has 1 heterocycles. The van der Waals surface area contributed by atoms with Crippen LogP contribution in [-0.2, 0) is 0 Å². The third-order valence-electron chi connectivity index (χ3n) is 2.88. The molecule has 96 valence electrons. The van der Waals surface area contributed by atoms with Crippen LogP contribution >= 0.6 is 11.6 Å². The molecule has 0 aliphatic carbocycles. The fourth-order valence-electron chi connectivity index (χ4n) is 1.85. The minimum Gasteiger partial charge on any atom is -0.326 e. The number of imidazole rings is 1. The molecule has 0 atom stereocenters. The normalized spacial score (nSPS) is 10.9. The topological polar surface area (TPSA) is 40.7 Å². The van der Waals surface area contributed by atoms with E-state index in [1.54, 1.807) is 31.2 Å². The Morgan fingerprint density at radius 2 is 2.05 bits per heavy atom. The van der Waals surface area contributed by atoms with Crippen LogP contribution in [-0.4, -0.2) is 9.97 Å². The van der Waals surface area contributed by atoms with E-state index in [9.17, 15) is 4.39 Å². The lowest BCUT2D eigenvalue weighted by molar-refractivity contribution is 0.619. The molecule has 0 bridgehead atoms. The molecular formula is C14H11ClFN3. The molecule has 5 heteroatoms. The Kier molecular flexibility index (Phi) is 2.87. The lowest BCUT2D eigenvalue weighted by Crippen LogP contribution is -1.93. The third kappa shape index (κ3) is 2.39. The number of aryl methyl sites for hydroxylation is 1. The summed E-state index contributed by atoms with van der Waals surface area (Å²) in [5, 5.41) is 3.67. The van der Waals surface area contributed by atoms with Gasteiger partial charge in [0.1, 0.15) is 5.82 Å². The third-order valence-corrected chi connectivity index (χ3v) is 3.11. The van der Waals surface area contributed by atoms with E-state index in [0.29, 0.717) is 22.2 Å².